The van der Waals surface area contributed by atoms with Crippen molar-refractivity contribution in [3.05, 3.63) is 173 Å². The predicted octanol–water partition coefficient (Wildman–Crippen LogP) is 14.8. The monoisotopic (exact) mass is 974 g/mol. The van der Waals surface area contributed by atoms with Gasteiger partial charge in [-0.05, 0) is 89.9 Å². The van der Waals surface area contributed by atoms with Gasteiger partial charge >= 0.3 is 0 Å². The van der Waals surface area contributed by atoms with E-state index >= 15 is 0 Å². The molecule has 0 saturated heterocycles. The molecule has 0 unspecified atom stereocenters. The largest absolute Gasteiger partial charge is 0.501 e. The van der Waals surface area contributed by atoms with Crippen LogP contribution < -0.4 is 0 Å². The van der Waals surface area contributed by atoms with E-state index < -0.39 is 27.4 Å². The van der Waals surface area contributed by atoms with Gasteiger partial charge in [0.15, 0.2) is 0 Å². The molecular weight excluding hydrogens is 915 g/mol. The number of furan rings is 2. The van der Waals surface area contributed by atoms with E-state index in [0.717, 1.165) is 39.1 Å². The van der Waals surface area contributed by atoms with Crippen molar-refractivity contribution in [2.24, 2.45) is 0 Å². The number of hydrogen-bond donors (Lipinski definition) is 0. The minimum atomic E-state index is -2.46. The average molecular weight is 974 g/mol. The molecule has 0 amide bonds. The Balaban J connectivity index is 0.000000278. The van der Waals surface area contributed by atoms with Crippen molar-refractivity contribution in [2.45, 2.75) is 66.9 Å². The molecule has 4 heterocycles. The van der Waals surface area contributed by atoms with Gasteiger partial charge in [-0.1, -0.05) is 113 Å². The number of aryl methyl sites for hydroxylation is 4. The number of fused-ring (bicyclic) bond motifs is 5. The van der Waals surface area contributed by atoms with Crippen LogP contribution >= 0.6 is 0 Å². The van der Waals surface area contributed by atoms with Crippen LogP contribution in [0.3, 0.4) is 0 Å². The molecule has 10 rings (SSSR count). The topological polar surface area (TPSA) is 57.0 Å². The number of nitrogens with zero attached hydrogens (tertiary/aromatic N) is 3. The van der Waals surface area contributed by atoms with Crippen molar-refractivity contribution < 1.29 is 45.4 Å². The third-order valence-corrected chi connectivity index (χ3v) is 10.6. The summed E-state index contributed by atoms with van der Waals surface area (Å²) in [6.45, 7) is -0.771. The maximum atomic E-state index is 8.60. The Morgan fingerprint density at radius 3 is 2.12 bits per heavy atom. The zero-order valence-corrected chi connectivity index (χ0v) is 35.7. The second-order valence-electron chi connectivity index (χ2n) is 15.2. The molecule has 0 saturated carbocycles. The van der Waals surface area contributed by atoms with Crippen LogP contribution in [0.4, 0.5) is 0 Å². The van der Waals surface area contributed by atoms with E-state index in [4.69, 9.17) is 30.3 Å². The Hall–Kier alpha value is -6.07. The molecule has 5 nitrogen and oxygen atoms in total. The fourth-order valence-corrected chi connectivity index (χ4v) is 7.67. The summed E-state index contributed by atoms with van der Waals surface area (Å²) in [6, 6.07) is 41.9. The van der Waals surface area contributed by atoms with Gasteiger partial charge in [-0.25, -0.2) is 0 Å². The molecule has 301 valence electrons. The van der Waals surface area contributed by atoms with Crippen LogP contribution in [0.25, 0.3) is 83.6 Å². The van der Waals surface area contributed by atoms with E-state index in [1.54, 1.807) is 24.3 Å². The van der Waals surface area contributed by atoms with Gasteiger partial charge < -0.3 is 18.4 Å². The number of aromatic nitrogens is 3. The molecule has 0 aliphatic heterocycles. The first kappa shape index (κ1) is 28.4. The second kappa shape index (κ2) is 16.5. The molecule has 6 heteroatoms. The molecular formula is C54H47IrN3O2-2. The van der Waals surface area contributed by atoms with Crippen LogP contribution in [0.15, 0.2) is 136 Å². The van der Waals surface area contributed by atoms with Gasteiger partial charge in [-0.2, -0.15) is 0 Å². The van der Waals surface area contributed by atoms with Crippen molar-refractivity contribution in [3.8, 4) is 39.7 Å². The summed E-state index contributed by atoms with van der Waals surface area (Å²) in [4.78, 5) is 9.19. The number of benzene rings is 6. The molecule has 0 bridgehead atoms. The van der Waals surface area contributed by atoms with E-state index in [-0.39, 0.29) is 54.2 Å². The van der Waals surface area contributed by atoms with Gasteiger partial charge in [0.2, 0.25) is 0 Å². The zero-order chi connectivity index (χ0) is 50.9. The van der Waals surface area contributed by atoms with E-state index in [0.29, 0.717) is 55.6 Å². The first-order chi connectivity index (χ1) is 33.4. The summed E-state index contributed by atoms with van der Waals surface area (Å²) in [7, 11) is 0. The molecule has 0 atom stereocenters. The Kier molecular flexibility index (Phi) is 7.82. The maximum absolute atomic E-state index is 8.60. The van der Waals surface area contributed by atoms with Crippen molar-refractivity contribution in [2.75, 3.05) is 0 Å². The van der Waals surface area contributed by atoms with Crippen LogP contribution in [0.1, 0.15) is 89.4 Å². The Bertz CT molecular complexity index is 3480. The molecule has 4 aromatic heterocycles. The van der Waals surface area contributed by atoms with Gasteiger partial charge in [-0.15, -0.1) is 53.1 Å². The smallest absolute Gasteiger partial charge is 0.135 e. The summed E-state index contributed by atoms with van der Waals surface area (Å²) in [5, 5.41) is 2.13. The molecule has 1 radical (unpaired) electrons. The second-order valence-corrected chi connectivity index (χ2v) is 15.2. The number of para-hydroxylation sites is 3. The van der Waals surface area contributed by atoms with E-state index in [2.05, 4.69) is 56.9 Å². The molecule has 0 aliphatic rings. The molecule has 10 aromatic rings. The molecule has 60 heavy (non-hydrogen) atoms. The van der Waals surface area contributed by atoms with Crippen molar-refractivity contribution in [3.63, 3.8) is 0 Å². The minimum absolute atomic E-state index is 0. The molecule has 0 aliphatic carbocycles. The van der Waals surface area contributed by atoms with Crippen LogP contribution in [-0.2, 0) is 20.1 Å². The van der Waals surface area contributed by atoms with Gasteiger partial charge in [0, 0.05) is 64.8 Å². The summed E-state index contributed by atoms with van der Waals surface area (Å²) in [5.41, 5.74) is 8.52. The SMILES string of the molecule is [2H]C([2H])([2H])c1c[c-]c(-c2ccc(C([2H])([2H])[2H])cn2)cc1.[2H]C([2H])([2H])c1c[c-]c(-c2nc3cccc(C([2H])([2H])[2H])c3n2-c2c(C(C)C)cc(-c3cc4ccccc4o3)cc2C(C)C)c2oc3ccccc3c12.[Ir]. The van der Waals surface area contributed by atoms with Gasteiger partial charge in [0.05, 0.1) is 22.4 Å². The van der Waals surface area contributed by atoms with E-state index in [1.807, 2.05) is 65.2 Å². The summed E-state index contributed by atoms with van der Waals surface area (Å²) < 4.78 is 109. The summed E-state index contributed by atoms with van der Waals surface area (Å²) in [6.07, 6.45) is 1.30. The zero-order valence-electron chi connectivity index (χ0n) is 45.3. The molecule has 0 N–H and O–H groups in total. The third-order valence-electron chi connectivity index (χ3n) is 10.6. The normalized spacial score (nSPS) is 15.3. The van der Waals surface area contributed by atoms with Crippen molar-refractivity contribution in [1.29, 1.82) is 0 Å². The number of hydrogen-bond acceptors (Lipinski definition) is 4. The fraction of sp³-hybridized carbons (Fsp3) is 0.185. The van der Waals surface area contributed by atoms with Crippen LogP contribution in [0.2, 0.25) is 0 Å². The molecule has 0 spiro atoms. The first-order valence-corrected chi connectivity index (χ1v) is 19.4. The third kappa shape index (κ3) is 7.40. The fourth-order valence-electron chi connectivity index (χ4n) is 7.67. The molecule has 0 fully saturated rings. The van der Waals surface area contributed by atoms with Crippen LogP contribution in [-0.4, -0.2) is 14.5 Å². The summed E-state index contributed by atoms with van der Waals surface area (Å²) in [5.74, 6) is 1.14. The Labute approximate surface area is 382 Å². The summed E-state index contributed by atoms with van der Waals surface area (Å²) >= 11 is 0. The maximum Gasteiger partial charge on any atom is 0.135 e. The number of imidazole rings is 1. The number of pyridine rings is 1. The van der Waals surface area contributed by atoms with Gasteiger partial charge in [0.25, 0.3) is 0 Å². The quantitative estimate of drug-likeness (QED) is 0.156. The van der Waals surface area contributed by atoms with Crippen molar-refractivity contribution in [1.82, 2.24) is 14.5 Å². The van der Waals surface area contributed by atoms with E-state index in [1.165, 1.54) is 30.5 Å². The predicted molar refractivity (Wildman–Crippen MR) is 243 cm³/mol. The van der Waals surface area contributed by atoms with Crippen molar-refractivity contribution >= 4 is 43.9 Å². The van der Waals surface area contributed by atoms with Crippen LogP contribution in [0, 0.1) is 39.5 Å². The van der Waals surface area contributed by atoms with Gasteiger partial charge in [0.1, 0.15) is 16.9 Å². The van der Waals surface area contributed by atoms with Crippen LogP contribution in [0.5, 0.6) is 0 Å². The Morgan fingerprint density at radius 1 is 0.683 bits per heavy atom. The number of rotatable bonds is 6. The standard InChI is InChI=1S/C41H35N2O2.C13H12N.Ir/c1-23(2)31-20-28(36-22-27-13-7-9-16-34(27)44-36)21-32(24(3)4)39(31)43-38-26(6)12-11-15-33(38)42-41(43)30-19-18-25(5)37-29-14-8-10-17-35(29)45-40(30)37;1-10-3-6-12(7-4-10)13-8-5-11(2)9-14-13;/h7-18,20-24H,1-6H3;3-6,8-9H,1-2H3;/q2*-1;/i5D3,6D3;1D3,2D3;. The molecule has 6 aromatic carbocycles. The van der Waals surface area contributed by atoms with Gasteiger partial charge in [-0.3, -0.25) is 4.98 Å². The Morgan fingerprint density at radius 2 is 1.43 bits per heavy atom. The minimum Gasteiger partial charge on any atom is -0.501 e. The first-order valence-electron chi connectivity index (χ1n) is 25.4. The average Bonchev–Trinajstić information content (AvgIpc) is 4.04. The van der Waals surface area contributed by atoms with E-state index in [9.17, 15) is 0 Å².